The van der Waals surface area contributed by atoms with Crippen molar-refractivity contribution < 1.29 is 9.84 Å². The van der Waals surface area contributed by atoms with Gasteiger partial charge in [0.15, 0.2) is 0 Å². The minimum atomic E-state index is -0.377. The van der Waals surface area contributed by atoms with E-state index in [2.05, 4.69) is 5.32 Å². The Labute approximate surface area is 113 Å². The molecule has 0 amide bonds. The summed E-state index contributed by atoms with van der Waals surface area (Å²) in [6.45, 7) is 0.707. The predicted octanol–water partition coefficient (Wildman–Crippen LogP) is 2.74. The van der Waals surface area contributed by atoms with Gasteiger partial charge in [-0.15, -0.1) is 0 Å². The van der Waals surface area contributed by atoms with Gasteiger partial charge in [0, 0.05) is 12.1 Å². The monoisotopic (exact) mass is 269 g/mol. The minimum Gasteiger partial charge on any atom is -0.486 e. The molecule has 0 radical (unpaired) electrons. The van der Waals surface area contributed by atoms with Crippen molar-refractivity contribution in [3.63, 3.8) is 0 Å². The first kappa shape index (κ1) is 13.7. The van der Waals surface area contributed by atoms with E-state index in [4.69, 9.17) is 16.3 Å². The Balaban J connectivity index is 2.16. The van der Waals surface area contributed by atoms with Gasteiger partial charge in [0.1, 0.15) is 11.9 Å². The molecule has 0 bridgehead atoms. The SMILES string of the molecule is CNCc1cccc(Cl)c1OC1CCCCC1O. The van der Waals surface area contributed by atoms with Gasteiger partial charge in [0.2, 0.25) is 0 Å². The topological polar surface area (TPSA) is 41.5 Å². The van der Waals surface area contributed by atoms with E-state index in [9.17, 15) is 5.11 Å². The molecule has 2 unspecified atom stereocenters. The fourth-order valence-corrected chi connectivity index (χ4v) is 2.62. The molecule has 0 aromatic heterocycles. The van der Waals surface area contributed by atoms with Crippen molar-refractivity contribution in [1.82, 2.24) is 5.32 Å². The van der Waals surface area contributed by atoms with Crippen LogP contribution in [0.15, 0.2) is 18.2 Å². The van der Waals surface area contributed by atoms with Crippen LogP contribution in [0, 0.1) is 0 Å². The largest absolute Gasteiger partial charge is 0.486 e. The highest BCUT2D eigenvalue weighted by Crippen LogP contribution is 2.32. The van der Waals surface area contributed by atoms with Gasteiger partial charge in [-0.25, -0.2) is 0 Å². The quantitative estimate of drug-likeness (QED) is 0.883. The number of aliphatic hydroxyl groups excluding tert-OH is 1. The Kier molecular flexibility index (Phi) is 4.87. The van der Waals surface area contributed by atoms with Gasteiger partial charge in [0.05, 0.1) is 11.1 Å². The molecule has 1 aromatic carbocycles. The molecule has 1 aromatic rings. The average Bonchev–Trinajstić information content (AvgIpc) is 2.36. The summed E-state index contributed by atoms with van der Waals surface area (Å²) >= 11 is 6.20. The number of hydrogen-bond acceptors (Lipinski definition) is 3. The lowest BCUT2D eigenvalue weighted by Gasteiger charge is -2.29. The van der Waals surface area contributed by atoms with Gasteiger partial charge < -0.3 is 15.2 Å². The smallest absolute Gasteiger partial charge is 0.142 e. The highest BCUT2D eigenvalue weighted by Gasteiger charge is 2.26. The molecule has 1 saturated carbocycles. The molecule has 1 aliphatic rings. The maximum absolute atomic E-state index is 9.96. The van der Waals surface area contributed by atoms with Crippen LogP contribution >= 0.6 is 11.6 Å². The normalized spacial score (nSPS) is 23.9. The molecule has 2 rings (SSSR count). The number of halogens is 1. The molecular formula is C14H20ClNO2. The third kappa shape index (κ3) is 3.16. The van der Waals surface area contributed by atoms with Crippen molar-refractivity contribution in [3.05, 3.63) is 28.8 Å². The molecule has 18 heavy (non-hydrogen) atoms. The summed E-state index contributed by atoms with van der Waals surface area (Å²) in [5, 5.41) is 13.7. The number of rotatable bonds is 4. The maximum atomic E-state index is 9.96. The van der Waals surface area contributed by atoms with Crippen LogP contribution in [0.2, 0.25) is 5.02 Å². The Morgan fingerprint density at radius 1 is 1.39 bits per heavy atom. The summed E-state index contributed by atoms with van der Waals surface area (Å²) in [6, 6.07) is 5.73. The predicted molar refractivity (Wildman–Crippen MR) is 73.1 cm³/mol. The number of nitrogens with one attached hydrogen (secondary N) is 1. The van der Waals surface area contributed by atoms with Crippen molar-refractivity contribution >= 4 is 11.6 Å². The first-order valence-corrected chi connectivity index (χ1v) is 6.87. The third-order valence-corrected chi connectivity index (χ3v) is 3.65. The number of para-hydroxylation sites is 1. The van der Waals surface area contributed by atoms with E-state index in [1.807, 2.05) is 25.2 Å². The highest BCUT2D eigenvalue weighted by molar-refractivity contribution is 6.32. The number of ether oxygens (including phenoxy) is 1. The summed E-state index contributed by atoms with van der Waals surface area (Å²) in [4.78, 5) is 0. The van der Waals surface area contributed by atoms with E-state index in [1.165, 1.54) is 0 Å². The van der Waals surface area contributed by atoms with Gasteiger partial charge in [-0.05, 0) is 32.4 Å². The zero-order chi connectivity index (χ0) is 13.0. The Morgan fingerprint density at radius 2 is 2.17 bits per heavy atom. The Hall–Kier alpha value is -0.770. The zero-order valence-corrected chi connectivity index (χ0v) is 11.4. The van der Waals surface area contributed by atoms with Gasteiger partial charge in [-0.3, -0.25) is 0 Å². The van der Waals surface area contributed by atoms with Crippen LogP contribution in [0.5, 0.6) is 5.75 Å². The molecule has 0 aliphatic heterocycles. The average molecular weight is 270 g/mol. The molecule has 1 aliphatic carbocycles. The van der Waals surface area contributed by atoms with Gasteiger partial charge in [-0.1, -0.05) is 30.2 Å². The number of benzene rings is 1. The van der Waals surface area contributed by atoms with Crippen molar-refractivity contribution in [1.29, 1.82) is 0 Å². The summed E-state index contributed by atoms with van der Waals surface area (Å²) in [5.74, 6) is 0.708. The fraction of sp³-hybridized carbons (Fsp3) is 0.571. The van der Waals surface area contributed by atoms with Crippen LogP contribution in [0.3, 0.4) is 0 Å². The van der Waals surface area contributed by atoms with Gasteiger partial charge in [-0.2, -0.15) is 0 Å². The Morgan fingerprint density at radius 3 is 2.89 bits per heavy atom. The van der Waals surface area contributed by atoms with E-state index < -0.39 is 0 Å². The van der Waals surface area contributed by atoms with E-state index >= 15 is 0 Å². The van der Waals surface area contributed by atoms with Crippen LogP contribution in [0.1, 0.15) is 31.2 Å². The summed E-state index contributed by atoms with van der Waals surface area (Å²) in [6.07, 6.45) is 3.38. The lowest BCUT2D eigenvalue weighted by atomic mass is 9.95. The van der Waals surface area contributed by atoms with Gasteiger partial charge in [0.25, 0.3) is 0 Å². The second-order valence-electron chi connectivity index (χ2n) is 4.77. The molecule has 0 heterocycles. The molecule has 4 heteroatoms. The lowest BCUT2D eigenvalue weighted by molar-refractivity contribution is 0.00643. The van der Waals surface area contributed by atoms with Crippen LogP contribution in [-0.4, -0.2) is 24.4 Å². The first-order valence-electron chi connectivity index (χ1n) is 6.49. The van der Waals surface area contributed by atoms with Crippen LogP contribution in [0.4, 0.5) is 0 Å². The molecule has 3 nitrogen and oxygen atoms in total. The van der Waals surface area contributed by atoms with Crippen molar-refractivity contribution in [2.24, 2.45) is 0 Å². The number of hydrogen-bond donors (Lipinski definition) is 2. The fourth-order valence-electron chi connectivity index (χ4n) is 2.38. The minimum absolute atomic E-state index is 0.130. The van der Waals surface area contributed by atoms with E-state index in [0.717, 1.165) is 31.2 Å². The van der Waals surface area contributed by atoms with Crippen LogP contribution in [-0.2, 0) is 6.54 Å². The van der Waals surface area contributed by atoms with Crippen LogP contribution in [0.25, 0.3) is 0 Å². The Bertz CT molecular complexity index is 397. The second-order valence-corrected chi connectivity index (χ2v) is 5.17. The molecule has 0 spiro atoms. The van der Waals surface area contributed by atoms with Gasteiger partial charge >= 0.3 is 0 Å². The van der Waals surface area contributed by atoms with Crippen molar-refractivity contribution in [2.75, 3.05) is 7.05 Å². The molecule has 0 saturated heterocycles. The van der Waals surface area contributed by atoms with E-state index in [1.54, 1.807) is 0 Å². The first-order chi connectivity index (χ1) is 8.72. The number of aliphatic hydroxyl groups is 1. The van der Waals surface area contributed by atoms with Crippen molar-refractivity contribution in [3.8, 4) is 5.75 Å². The highest BCUT2D eigenvalue weighted by atomic mass is 35.5. The summed E-state index contributed by atoms with van der Waals surface area (Å²) in [5.41, 5.74) is 1.03. The molecular weight excluding hydrogens is 250 g/mol. The second kappa shape index (κ2) is 6.41. The van der Waals surface area contributed by atoms with E-state index in [0.29, 0.717) is 17.3 Å². The maximum Gasteiger partial charge on any atom is 0.142 e. The molecule has 1 fully saturated rings. The zero-order valence-electron chi connectivity index (χ0n) is 10.7. The van der Waals surface area contributed by atoms with E-state index in [-0.39, 0.29) is 12.2 Å². The summed E-state index contributed by atoms with van der Waals surface area (Å²) in [7, 11) is 1.89. The summed E-state index contributed by atoms with van der Waals surface area (Å²) < 4.78 is 5.96. The lowest BCUT2D eigenvalue weighted by Crippen LogP contribution is -2.35. The van der Waals surface area contributed by atoms with Crippen molar-refractivity contribution in [2.45, 2.75) is 44.4 Å². The van der Waals surface area contributed by atoms with Crippen LogP contribution < -0.4 is 10.1 Å². The standard InChI is InChI=1S/C14H20ClNO2/c1-16-9-10-5-4-6-11(15)14(10)18-13-8-3-2-7-12(13)17/h4-6,12-13,16-17H,2-3,7-9H2,1H3. The third-order valence-electron chi connectivity index (χ3n) is 3.35. The molecule has 100 valence electrons. The molecule has 2 N–H and O–H groups in total. The molecule has 2 atom stereocenters.